The third kappa shape index (κ3) is 18.3. The number of rotatable bonds is 17. The number of imidazole rings is 1. The van der Waals surface area contributed by atoms with Gasteiger partial charge in [-0.1, -0.05) is 68.3 Å². The maximum atomic E-state index is 14.7. The fourth-order valence-corrected chi connectivity index (χ4v) is 8.51. The zero-order valence-corrected chi connectivity index (χ0v) is 42.1. The summed E-state index contributed by atoms with van der Waals surface area (Å²) < 4.78 is 0. The Morgan fingerprint density at radius 3 is 2.08 bits per heavy atom. The summed E-state index contributed by atoms with van der Waals surface area (Å²) in [5.41, 5.74) is 25.8. The number of carbonyl (C=O) groups excluding carboxylic acids is 9. The van der Waals surface area contributed by atoms with Gasteiger partial charge in [0, 0.05) is 74.3 Å². The normalized spacial score (nSPS) is 22.2. The maximum Gasteiger partial charge on any atom is 0.243 e. The average molecular weight is 1040 g/mol. The molecule has 75 heavy (non-hydrogen) atoms. The van der Waals surface area contributed by atoms with E-state index in [4.69, 9.17) is 22.9 Å². The number of aromatic amines is 2. The number of benzene rings is 2. The van der Waals surface area contributed by atoms with Crippen LogP contribution in [0.1, 0.15) is 82.0 Å². The molecule has 0 bridgehead atoms. The van der Waals surface area contributed by atoms with E-state index in [1.54, 1.807) is 42.6 Å². The van der Waals surface area contributed by atoms with Crippen molar-refractivity contribution >= 4 is 70.0 Å². The maximum absolute atomic E-state index is 14.7. The van der Waals surface area contributed by atoms with Crippen LogP contribution in [0.2, 0.25) is 0 Å². The number of fused-ring (bicyclic) bond motifs is 1. The topological polar surface area (TPSA) is 411 Å². The van der Waals surface area contributed by atoms with E-state index in [-0.39, 0.29) is 70.4 Å². The third-order valence-electron chi connectivity index (χ3n) is 12.5. The van der Waals surface area contributed by atoms with Crippen molar-refractivity contribution in [2.75, 3.05) is 13.1 Å². The Morgan fingerprint density at radius 1 is 0.773 bits per heavy atom. The first kappa shape index (κ1) is 57.5. The molecule has 1 aliphatic rings. The number of H-pyrrole nitrogens is 2. The summed E-state index contributed by atoms with van der Waals surface area (Å²) in [5, 5.41) is 22.1. The van der Waals surface area contributed by atoms with Gasteiger partial charge >= 0.3 is 0 Å². The van der Waals surface area contributed by atoms with Crippen LogP contribution in [0.3, 0.4) is 0 Å². The van der Waals surface area contributed by atoms with Crippen LogP contribution in [0.25, 0.3) is 10.9 Å². The van der Waals surface area contributed by atoms with Gasteiger partial charge in [-0.05, 0) is 49.3 Å². The predicted octanol–water partition coefficient (Wildman–Crippen LogP) is -2.31. The van der Waals surface area contributed by atoms with E-state index in [1.165, 1.54) is 19.4 Å². The number of unbranched alkanes of at least 4 members (excludes halogenated alkanes) is 1. The Hall–Kier alpha value is -8.35. The number of aromatic nitrogens is 3. The highest BCUT2D eigenvalue weighted by atomic mass is 16.2. The number of carbonyl (C=O) groups is 9. The average Bonchev–Trinajstić information content (AvgIpc) is 4.05. The largest absolute Gasteiger partial charge is 0.370 e. The van der Waals surface area contributed by atoms with Crippen LogP contribution in [0, 0.1) is 0 Å². The minimum Gasteiger partial charge on any atom is -0.370 e. The smallest absolute Gasteiger partial charge is 0.243 e. The standard InChI is InChI=1S/C50H70N16O9/c1-3-4-16-35(60-28(2)67)44(70)65-40-24-41(68)56-19-10-15-33(51)42(43(52)69)66-49(75)38(22-30-25-58-34-17-9-8-14-32(30)34)63-45(71)36(18-11-20-57-50(53)54)61-46(72)37(21-29-12-6-5-7-13-29)62-47(73)39(64-48(40)74)23-31-26-55-27-59-31/h5-9,12-14,17,25-27,33,35-40,42,58H,3-4,10-11,15-16,18-24,51H2,1-2H3,(H2,52,69)(H,55,59)(H,56,68)(H,60,67)(H,61,72)(H,62,73)(H,63,71)(H,64,74)(H,65,70)(H,66,75)(H4,53,54,57)/t33-,35-,36+,37+,38-,39+,40+,42-/m0/s1. The first-order chi connectivity index (χ1) is 35.9. The molecule has 2 aromatic heterocycles. The minimum absolute atomic E-state index is 0.0303. The summed E-state index contributed by atoms with van der Waals surface area (Å²) in [5.74, 6) is -7.47. The monoisotopic (exact) mass is 1040 g/mol. The molecule has 1 aliphatic heterocycles. The molecular weight excluding hydrogens is 969 g/mol. The number of amides is 9. The zero-order valence-electron chi connectivity index (χ0n) is 42.1. The van der Waals surface area contributed by atoms with Crippen LogP contribution < -0.4 is 65.5 Å². The van der Waals surface area contributed by atoms with Crippen LogP contribution in [0.4, 0.5) is 0 Å². The summed E-state index contributed by atoms with van der Waals surface area (Å²) in [4.78, 5) is 139. The second kappa shape index (κ2) is 28.8. The van der Waals surface area contributed by atoms with E-state index in [1.807, 2.05) is 25.1 Å². The number of nitrogens with two attached hydrogens (primary N) is 4. The van der Waals surface area contributed by atoms with Crippen molar-refractivity contribution < 1.29 is 43.2 Å². The molecule has 0 saturated carbocycles. The Morgan fingerprint density at radius 2 is 1.41 bits per heavy atom. The fourth-order valence-electron chi connectivity index (χ4n) is 8.51. The van der Waals surface area contributed by atoms with E-state index in [0.717, 1.165) is 10.9 Å². The molecule has 3 heterocycles. The van der Waals surface area contributed by atoms with E-state index < -0.39 is 108 Å². The summed E-state index contributed by atoms with van der Waals surface area (Å²) in [6.07, 6.45) is 5.09. The number of hydrogen-bond donors (Lipinski definition) is 14. The van der Waals surface area contributed by atoms with Crippen molar-refractivity contribution in [1.29, 1.82) is 0 Å². The van der Waals surface area contributed by atoms with Crippen molar-refractivity contribution in [1.82, 2.24) is 57.5 Å². The predicted molar refractivity (Wildman–Crippen MR) is 277 cm³/mol. The number of aliphatic imine (C=N–C) groups is 1. The highest BCUT2D eigenvalue weighted by Gasteiger charge is 2.36. The van der Waals surface area contributed by atoms with E-state index in [2.05, 4.69) is 62.5 Å². The van der Waals surface area contributed by atoms with Gasteiger partial charge in [-0.15, -0.1) is 0 Å². The summed E-state index contributed by atoms with van der Waals surface area (Å²) in [6.45, 7) is 3.14. The first-order valence-electron chi connectivity index (χ1n) is 24.9. The molecule has 25 nitrogen and oxygen atoms in total. The lowest BCUT2D eigenvalue weighted by Crippen LogP contribution is -2.62. The van der Waals surface area contributed by atoms with E-state index in [0.29, 0.717) is 29.7 Å². The van der Waals surface area contributed by atoms with Gasteiger partial charge in [0.2, 0.25) is 53.2 Å². The van der Waals surface area contributed by atoms with Crippen LogP contribution >= 0.6 is 0 Å². The van der Waals surface area contributed by atoms with Gasteiger partial charge in [-0.25, -0.2) is 4.98 Å². The van der Waals surface area contributed by atoms with Gasteiger partial charge in [0.05, 0.1) is 12.7 Å². The van der Waals surface area contributed by atoms with Crippen LogP contribution in [0.5, 0.6) is 0 Å². The Labute approximate surface area is 433 Å². The highest BCUT2D eigenvalue weighted by Crippen LogP contribution is 2.20. The van der Waals surface area contributed by atoms with Gasteiger partial charge in [0.15, 0.2) is 5.96 Å². The zero-order chi connectivity index (χ0) is 54.4. The van der Waals surface area contributed by atoms with E-state index >= 15 is 0 Å². The molecule has 8 atom stereocenters. The van der Waals surface area contributed by atoms with Gasteiger partial charge < -0.3 is 75.4 Å². The molecule has 1 saturated heterocycles. The summed E-state index contributed by atoms with van der Waals surface area (Å²) >= 11 is 0. The molecule has 0 unspecified atom stereocenters. The molecule has 0 aliphatic carbocycles. The second-order valence-electron chi connectivity index (χ2n) is 18.4. The molecule has 4 aromatic rings. The molecule has 1 fully saturated rings. The first-order valence-corrected chi connectivity index (χ1v) is 24.9. The fraction of sp³-hybridized carbons (Fsp3) is 0.460. The SMILES string of the molecule is CCCC[C@H](NC(C)=O)C(=O)N[C@@H]1CC(=O)NCCC[C@H](N)[C@@H](C(N)=O)NC(=O)[C@H](Cc2c[nH]c3ccccc23)NC(=O)[C@@H](CCCN=C(N)N)NC(=O)[C@@H](Cc2ccccc2)NC(=O)[C@@H](Cc2cnc[nH]2)NC1=O. The molecule has 9 amide bonds. The lowest BCUT2D eigenvalue weighted by atomic mass is 10.00. The number of nitrogens with zero attached hydrogens (tertiary/aromatic N) is 2. The number of hydrogen-bond acceptors (Lipinski definition) is 12. The molecule has 5 rings (SSSR count). The lowest BCUT2D eigenvalue weighted by molar-refractivity contribution is -0.136. The molecular formula is C50H70N16O9. The van der Waals surface area contributed by atoms with Crippen LogP contribution in [-0.4, -0.2) is 136 Å². The second-order valence-corrected chi connectivity index (χ2v) is 18.4. The molecule has 25 heteroatoms. The Balaban J connectivity index is 1.57. The van der Waals surface area contributed by atoms with Crippen molar-refractivity contribution in [3.8, 4) is 0 Å². The number of nitrogens with one attached hydrogen (secondary N) is 10. The van der Waals surface area contributed by atoms with Crippen molar-refractivity contribution in [3.63, 3.8) is 0 Å². The highest BCUT2D eigenvalue weighted by molar-refractivity contribution is 5.99. The van der Waals surface area contributed by atoms with Gasteiger partial charge in [0.1, 0.15) is 42.3 Å². The minimum atomic E-state index is -1.61. The Kier molecular flexibility index (Phi) is 22.1. The van der Waals surface area contributed by atoms with Crippen LogP contribution in [-0.2, 0) is 62.4 Å². The number of primary amides is 1. The van der Waals surface area contributed by atoms with Gasteiger partial charge in [0.25, 0.3) is 0 Å². The van der Waals surface area contributed by atoms with Crippen molar-refractivity contribution in [2.24, 2.45) is 27.9 Å². The number of guanidine groups is 1. The molecule has 0 spiro atoms. The summed E-state index contributed by atoms with van der Waals surface area (Å²) in [7, 11) is 0. The summed E-state index contributed by atoms with van der Waals surface area (Å²) in [6, 6.07) is 5.05. The quantitative estimate of drug-likeness (QED) is 0.0301. The van der Waals surface area contributed by atoms with Crippen LogP contribution in [0.15, 0.2) is 78.3 Å². The molecule has 2 aromatic carbocycles. The van der Waals surface area contributed by atoms with E-state index in [9.17, 15) is 43.2 Å². The Bertz CT molecular complexity index is 2620. The molecule has 18 N–H and O–H groups in total. The lowest BCUT2D eigenvalue weighted by Gasteiger charge is -2.28. The van der Waals surface area contributed by atoms with Crippen molar-refractivity contribution in [3.05, 3.63) is 90.1 Å². The third-order valence-corrected chi connectivity index (χ3v) is 12.5. The van der Waals surface area contributed by atoms with Gasteiger partial charge in [-0.2, -0.15) is 0 Å². The number of para-hydroxylation sites is 1. The van der Waals surface area contributed by atoms with Gasteiger partial charge in [-0.3, -0.25) is 48.1 Å². The molecule has 0 radical (unpaired) electrons. The molecule has 404 valence electrons. The van der Waals surface area contributed by atoms with Crippen molar-refractivity contribution in [2.45, 2.75) is 133 Å².